The smallest absolute Gasteiger partial charge is 0.226 e. The summed E-state index contributed by atoms with van der Waals surface area (Å²) >= 11 is 0. The second-order valence-corrected chi connectivity index (χ2v) is 5.15. The Morgan fingerprint density at radius 1 is 1.44 bits per heavy atom. The SMILES string of the molecule is CN(C)c1nccc(NCC2(C)CCC2)n1. The first-order chi connectivity index (χ1) is 7.59. The highest BCUT2D eigenvalue weighted by atomic mass is 15.2. The van der Waals surface area contributed by atoms with Gasteiger partial charge in [-0.05, 0) is 24.3 Å². The van der Waals surface area contributed by atoms with Crippen LogP contribution >= 0.6 is 0 Å². The maximum Gasteiger partial charge on any atom is 0.226 e. The molecule has 0 spiro atoms. The Kier molecular flexibility index (Phi) is 2.99. The Balaban J connectivity index is 1.96. The van der Waals surface area contributed by atoms with E-state index >= 15 is 0 Å². The van der Waals surface area contributed by atoms with Gasteiger partial charge in [-0.2, -0.15) is 4.98 Å². The van der Waals surface area contributed by atoms with Crippen molar-refractivity contribution >= 4 is 11.8 Å². The summed E-state index contributed by atoms with van der Waals surface area (Å²) in [6, 6.07) is 1.93. The number of hydrogen-bond acceptors (Lipinski definition) is 4. The highest BCUT2D eigenvalue weighted by Crippen LogP contribution is 2.40. The Hall–Kier alpha value is -1.32. The van der Waals surface area contributed by atoms with Gasteiger partial charge in [0.05, 0.1) is 0 Å². The molecule has 1 N–H and O–H groups in total. The van der Waals surface area contributed by atoms with Crippen molar-refractivity contribution in [3.63, 3.8) is 0 Å². The van der Waals surface area contributed by atoms with Crippen LogP contribution in [0.15, 0.2) is 12.3 Å². The maximum atomic E-state index is 4.44. The van der Waals surface area contributed by atoms with Gasteiger partial charge < -0.3 is 10.2 Å². The summed E-state index contributed by atoms with van der Waals surface area (Å²) in [4.78, 5) is 10.5. The Bertz CT molecular complexity index is 358. The molecule has 4 nitrogen and oxygen atoms in total. The molecule has 0 unspecified atom stereocenters. The minimum atomic E-state index is 0.475. The zero-order chi connectivity index (χ0) is 11.6. The number of aromatic nitrogens is 2. The highest BCUT2D eigenvalue weighted by Gasteiger charge is 2.31. The maximum absolute atomic E-state index is 4.44. The topological polar surface area (TPSA) is 41.1 Å². The largest absolute Gasteiger partial charge is 0.369 e. The predicted molar refractivity (Wildman–Crippen MR) is 66.8 cm³/mol. The van der Waals surface area contributed by atoms with Crippen LogP contribution in [0.1, 0.15) is 26.2 Å². The van der Waals surface area contributed by atoms with E-state index in [9.17, 15) is 0 Å². The fraction of sp³-hybridized carbons (Fsp3) is 0.667. The summed E-state index contributed by atoms with van der Waals surface area (Å²) in [5, 5.41) is 3.40. The molecule has 0 aliphatic heterocycles. The van der Waals surface area contributed by atoms with Gasteiger partial charge in [-0.15, -0.1) is 0 Å². The third kappa shape index (κ3) is 2.43. The first-order valence-electron chi connectivity index (χ1n) is 5.83. The van der Waals surface area contributed by atoms with E-state index in [1.807, 2.05) is 25.1 Å². The quantitative estimate of drug-likeness (QED) is 0.844. The van der Waals surface area contributed by atoms with Crippen LogP contribution in [0.3, 0.4) is 0 Å². The van der Waals surface area contributed by atoms with Crippen LogP contribution in [0, 0.1) is 5.41 Å². The average molecular weight is 220 g/mol. The molecule has 1 fully saturated rings. The van der Waals surface area contributed by atoms with Crippen LogP contribution in [0.4, 0.5) is 11.8 Å². The summed E-state index contributed by atoms with van der Waals surface area (Å²) in [5.74, 6) is 1.68. The van der Waals surface area contributed by atoms with E-state index in [1.54, 1.807) is 6.20 Å². The van der Waals surface area contributed by atoms with E-state index < -0.39 is 0 Å². The third-order valence-corrected chi connectivity index (χ3v) is 3.30. The van der Waals surface area contributed by atoms with Crippen LogP contribution in [-0.2, 0) is 0 Å². The molecule has 4 heteroatoms. The molecule has 1 aromatic heterocycles. The van der Waals surface area contributed by atoms with Gasteiger partial charge in [0.15, 0.2) is 0 Å². The predicted octanol–water partition coefficient (Wildman–Crippen LogP) is 2.14. The molecule has 16 heavy (non-hydrogen) atoms. The van der Waals surface area contributed by atoms with E-state index in [4.69, 9.17) is 0 Å². The fourth-order valence-corrected chi connectivity index (χ4v) is 1.92. The second kappa shape index (κ2) is 4.28. The van der Waals surface area contributed by atoms with Gasteiger partial charge in [-0.25, -0.2) is 4.98 Å². The van der Waals surface area contributed by atoms with E-state index in [-0.39, 0.29) is 0 Å². The standard InChI is InChI=1S/C12H20N4/c1-12(6-4-7-12)9-14-10-5-8-13-11(15-10)16(2)3/h5,8H,4,6-7,9H2,1-3H3,(H,13,14,15). The molecule has 2 rings (SSSR count). The fourth-order valence-electron chi connectivity index (χ4n) is 1.92. The second-order valence-electron chi connectivity index (χ2n) is 5.15. The van der Waals surface area contributed by atoms with E-state index in [0.29, 0.717) is 5.41 Å². The number of nitrogens with zero attached hydrogens (tertiary/aromatic N) is 3. The lowest BCUT2D eigenvalue weighted by Crippen LogP contribution is -2.33. The molecule has 0 saturated heterocycles. The molecule has 0 aromatic carbocycles. The van der Waals surface area contributed by atoms with Crippen LogP contribution < -0.4 is 10.2 Å². The summed E-state index contributed by atoms with van der Waals surface area (Å²) < 4.78 is 0. The zero-order valence-electron chi connectivity index (χ0n) is 10.3. The summed E-state index contributed by atoms with van der Waals surface area (Å²) in [5.41, 5.74) is 0.475. The van der Waals surface area contributed by atoms with Gasteiger partial charge in [-0.1, -0.05) is 13.3 Å². The minimum absolute atomic E-state index is 0.475. The monoisotopic (exact) mass is 220 g/mol. The van der Waals surface area contributed by atoms with Crippen molar-refractivity contribution in [2.75, 3.05) is 30.9 Å². The number of nitrogens with one attached hydrogen (secondary N) is 1. The Morgan fingerprint density at radius 2 is 2.19 bits per heavy atom. The van der Waals surface area contributed by atoms with Crippen LogP contribution in [0.2, 0.25) is 0 Å². The summed E-state index contributed by atoms with van der Waals surface area (Å²) in [7, 11) is 3.90. The highest BCUT2D eigenvalue weighted by molar-refractivity contribution is 5.40. The first-order valence-corrected chi connectivity index (χ1v) is 5.83. The summed E-state index contributed by atoms with van der Waals surface area (Å²) in [6.07, 6.45) is 5.82. The van der Waals surface area contributed by atoms with Crippen molar-refractivity contribution in [3.05, 3.63) is 12.3 Å². The van der Waals surface area contributed by atoms with E-state index in [0.717, 1.165) is 18.3 Å². The molecule has 0 radical (unpaired) electrons. The molecule has 0 amide bonds. The third-order valence-electron chi connectivity index (χ3n) is 3.30. The lowest BCUT2D eigenvalue weighted by Gasteiger charge is -2.38. The molecule has 88 valence electrons. The van der Waals surface area contributed by atoms with Gasteiger partial charge in [-0.3, -0.25) is 0 Å². The van der Waals surface area contributed by atoms with Crippen molar-refractivity contribution in [3.8, 4) is 0 Å². The lowest BCUT2D eigenvalue weighted by molar-refractivity contribution is 0.180. The zero-order valence-corrected chi connectivity index (χ0v) is 10.3. The van der Waals surface area contributed by atoms with Crippen molar-refractivity contribution in [2.24, 2.45) is 5.41 Å². The minimum Gasteiger partial charge on any atom is -0.369 e. The lowest BCUT2D eigenvalue weighted by atomic mass is 9.70. The van der Waals surface area contributed by atoms with E-state index in [1.165, 1.54) is 19.3 Å². The molecular formula is C12H20N4. The average Bonchev–Trinajstić information content (AvgIpc) is 2.24. The van der Waals surface area contributed by atoms with Crippen molar-refractivity contribution < 1.29 is 0 Å². The van der Waals surface area contributed by atoms with Crippen LogP contribution in [-0.4, -0.2) is 30.6 Å². The molecule has 1 aromatic rings. The molecule has 0 bridgehead atoms. The van der Waals surface area contributed by atoms with E-state index in [2.05, 4.69) is 22.2 Å². The number of hydrogen-bond donors (Lipinski definition) is 1. The van der Waals surface area contributed by atoms with Gasteiger partial charge >= 0.3 is 0 Å². The molecule has 1 saturated carbocycles. The first kappa shape index (κ1) is 11.2. The Morgan fingerprint density at radius 3 is 2.75 bits per heavy atom. The normalized spacial score (nSPS) is 17.7. The van der Waals surface area contributed by atoms with Gasteiger partial charge in [0.2, 0.25) is 5.95 Å². The van der Waals surface area contributed by atoms with Crippen molar-refractivity contribution in [1.82, 2.24) is 9.97 Å². The van der Waals surface area contributed by atoms with Crippen molar-refractivity contribution in [1.29, 1.82) is 0 Å². The van der Waals surface area contributed by atoms with Gasteiger partial charge in [0.25, 0.3) is 0 Å². The number of rotatable bonds is 4. The Labute approximate surface area is 97.1 Å². The molecular weight excluding hydrogens is 200 g/mol. The molecule has 1 aliphatic rings. The van der Waals surface area contributed by atoms with Crippen molar-refractivity contribution in [2.45, 2.75) is 26.2 Å². The van der Waals surface area contributed by atoms with Crippen LogP contribution in [0.25, 0.3) is 0 Å². The van der Waals surface area contributed by atoms with Crippen LogP contribution in [0.5, 0.6) is 0 Å². The van der Waals surface area contributed by atoms with Gasteiger partial charge in [0, 0.05) is 26.8 Å². The van der Waals surface area contributed by atoms with Gasteiger partial charge in [0.1, 0.15) is 5.82 Å². The summed E-state index contributed by atoms with van der Waals surface area (Å²) in [6.45, 7) is 3.34. The molecule has 1 heterocycles. The molecule has 0 atom stereocenters. The number of anilines is 2. The molecule has 1 aliphatic carbocycles.